The summed E-state index contributed by atoms with van der Waals surface area (Å²) in [5, 5.41) is 12.4. The van der Waals surface area contributed by atoms with Gasteiger partial charge in [-0.2, -0.15) is 0 Å². The van der Waals surface area contributed by atoms with Crippen molar-refractivity contribution < 1.29 is 13.2 Å². The molecule has 2 aliphatic rings. The molecule has 2 fully saturated rings. The predicted octanol–water partition coefficient (Wildman–Crippen LogP) is 1.96. The van der Waals surface area contributed by atoms with Crippen LogP contribution >= 0.6 is 11.3 Å². The Labute approximate surface area is 128 Å². The Morgan fingerprint density at radius 2 is 1.90 bits per heavy atom. The second kappa shape index (κ2) is 6.00. The molecule has 1 atom stereocenters. The van der Waals surface area contributed by atoms with Crippen LogP contribution in [0.25, 0.3) is 0 Å². The maximum atomic E-state index is 12.1. The van der Waals surface area contributed by atoms with E-state index in [2.05, 4.69) is 15.5 Å². The smallest absolute Gasteiger partial charge is 0.230 e. The molecule has 1 saturated carbocycles. The first-order chi connectivity index (χ1) is 10.0. The Balaban J connectivity index is 1.60. The fourth-order valence-electron chi connectivity index (χ4n) is 3.01. The third-order valence-electron chi connectivity index (χ3n) is 4.23. The summed E-state index contributed by atoms with van der Waals surface area (Å²) in [6, 6.07) is 0. The van der Waals surface area contributed by atoms with Crippen LogP contribution in [0, 0.1) is 5.92 Å². The van der Waals surface area contributed by atoms with Crippen molar-refractivity contribution in [2.24, 2.45) is 5.92 Å². The van der Waals surface area contributed by atoms with E-state index in [0.717, 1.165) is 17.8 Å². The molecular weight excluding hydrogens is 310 g/mol. The minimum absolute atomic E-state index is 0.0485. The van der Waals surface area contributed by atoms with Crippen LogP contribution in [0.5, 0.6) is 0 Å². The zero-order chi connectivity index (χ0) is 14.9. The van der Waals surface area contributed by atoms with Crippen molar-refractivity contribution in [2.75, 3.05) is 16.8 Å². The Kier molecular flexibility index (Phi) is 4.26. The lowest BCUT2D eigenvalue weighted by Crippen LogP contribution is -2.23. The number of nitrogens with one attached hydrogen (secondary N) is 1. The van der Waals surface area contributed by atoms with Crippen LogP contribution in [0.1, 0.15) is 49.5 Å². The first-order valence-electron chi connectivity index (χ1n) is 7.38. The van der Waals surface area contributed by atoms with Crippen LogP contribution in [-0.2, 0) is 14.6 Å². The molecule has 0 aromatic carbocycles. The highest BCUT2D eigenvalue weighted by atomic mass is 32.2. The summed E-state index contributed by atoms with van der Waals surface area (Å²) in [5.41, 5.74) is 0. The second-order valence-corrected chi connectivity index (χ2v) is 9.11. The fraction of sp³-hybridized carbons (Fsp3) is 0.769. The van der Waals surface area contributed by atoms with Gasteiger partial charge in [-0.1, -0.05) is 30.6 Å². The van der Waals surface area contributed by atoms with Gasteiger partial charge in [0.05, 0.1) is 17.4 Å². The van der Waals surface area contributed by atoms with E-state index >= 15 is 0 Å². The van der Waals surface area contributed by atoms with Gasteiger partial charge in [-0.05, 0) is 19.3 Å². The van der Waals surface area contributed by atoms with E-state index in [1.165, 1.54) is 30.6 Å². The molecule has 116 valence electrons. The van der Waals surface area contributed by atoms with Crippen LogP contribution in [0.4, 0.5) is 5.13 Å². The molecule has 6 nitrogen and oxygen atoms in total. The molecular formula is C13H19N3O3S2. The minimum atomic E-state index is -3.04. The monoisotopic (exact) mass is 329 g/mol. The number of aromatic nitrogens is 2. The molecule has 1 unspecified atom stereocenters. The van der Waals surface area contributed by atoms with Gasteiger partial charge >= 0.3 is 0 Å². The summed E-state index contributed by atoms with van der Waals surface area (Å²) in [7, 11) is -3.04. The third kappa shape index (κ3) is 3.60. The Morgan fingerprint density at radius 3 is 2.57 bits per heavy atom. The molecule has 21 heavy (non-hydrogen) atoms. The maximum Gasteiger partial charge on any atom is 0.230 e. The maximum absolute atomic E-state index is 12.1. The number of hydrogen-bond acceptors (Lipinski definition) is 6. The molecule has 1 saturated heterocycles. The molecule has 0 spiro atoms. The number of rotatable bonds is 3. The lowest BCUT2D eigenvalue weighted by molar-refractivity contribution is -0.119. The topological polar surface area (TPSA) is 89.0 Å². The Hall–Kier alpha value is -1.02. The Bertz CT molecular complexity index is 620. The highest BCUT2D eigenvalue weighted by Gasteiger charge is 2.33. The number of carbonyl (C=O) groups excluding carboxylic acids is 1. The number of carbonyl (C=O) groups is 1. The molecule has 1 aromatic heterocycles. The molecule has 1 aromatic rings. The summed E-state index contributed by atoms with van der Waals surface area (Å²) in [6.45, 7) is 0. The minimum Gasteiger partial charge on any atom is -0.300 e. The van der Waals surface area contributed by atoms with Gasteiger partial charge in [0, 0.05) is 5.92 Å². The number of anilines is 1. The van der Waals surface area contributed by atoms with Gasteiger partial charge in [-0.3, -0.25) is 4.79 Å². The van der Waals surface area contributed by atoms with Gasteiger partial charge in [-0.25, -0.2) is 8.42 Å². The van der Waals surface area contributed by atoms with Crippen molar-refractivity contribution in [1.29, 1.82) is 0 Å². The molecule has 1 N–H and O–H groups in total. The molecule has 1 aliphatic heterocycles. The highest BCUT2D eigenvalue weighted by molar-refractivity contribution is 7.91. The van der Waals surface area contributed by atoms with Crippen LogP contribution in [0.15, 0.2) is 0 Å². The summed E-state index contributed by atoms with van der Waals surface area (Å²) >= 11 is 1.42. The van der Waals surface area contributed by atoms with Crippen molar-refractivity contribution in [3.8, 4) is 0 Å². The average Bonchev–Trinajstić information content (AvgIpc) is 3.06. The lowest BCUT2D eigenvalue weighted by Gasteiger charge is -2.18. The standard InChI is InChI=1S/C13H19N3O3S2/c17-11(10-6-7-21(18,19)8-10)14-13-16-15-12(20-13)9-4-2-1-3-5-9/h9-10H,1-8H2,(H,14,16,17). The van der Waals surface area contributed by atoms with Crippen molar-refractivity contribution in [3.63, 3.8) is 0 Å². The predicted molar refractivity (Wildman–Crippen MR) is 81.1 cm³/mol. The number of hydrogen-bond donors (Lipinski definition) is 1. The van der Waals surface area contributed by atoms with Gasteiger partial charge in [0.25, 0.3) is 0 Å². The van der Waals surface area contributed by atoms with Gasteiger partial charge < -0.3 is 5.32 Å². The van der Waals surface area contributed by atoms with Crippen LogP contribution in [-0.4, -0.2) is 36.0 Å². The van der Waals surface area contributed by atoms with Gasteiger partial charge in [-0.15, -0.1) is 10.2 Å². The van der Waals surface area contributed by atoms with Gasteiger partial charge in [0.15, 0.2) is 9.84 Å². The van der Waals surface area contributed by atoms with E-state index in [-0.39, 0.29) is 17.4 Å². The van der Waals surface area contributed by atoms with Gasteiger partial charge in [0.2, 0.25) is 11.0 Å². The first-order valence-corrected chi connectivity index (χ1v) is 10.0. The number of nitrogens with zero attached hydrogens (tertiary/aromatic N) is 2. The summed E-state index contributed by atoms with van der Waals surface area (Å²) in [4.78, 5) is 12.1. The zero-order valence-corrected chi connectivity index (χ0v) is 13.4. The summed E-state index contributed by atoms with van der Waals surface area (Å²) in [6.07, 6.45) is 6.43. The molecule has 0 radical (unpaired) electrons. The second-order valence-electron chi connectivity index (χ2n) is 5.87. The normalized spacial score (nSPS) is 25.8. The van der Waals surface area contributed by atoms with E-state index in [0.29, 0.717) is 17.5 Å². The number of amides is 1. The third-order valence-corrected chi connectivity index (χ3v) is 7.00. The molecule has 3 rings (SSSR count). The SMILES string of the molecule is O=C(Nc1nnc(C2CCCCC2)s1)C1CCS(=O)(=O)C1. The fourth-order valence-corrected chi connectivity index (χ4v) is 5.67. The van der Waals surface area contributed by atoms with E-state index < -0.39 is 15.8 Å². The molecule has 8 heteroatoms. The van der Waals surface area contributed by atoms with E-state index in [1.807, 2.05) is 0 Å². The number of sulfone groups is 1. The lowest BCUT2D eigenvalue weighted by atomic mass is 9.90. The zero-order valence-electron chi connectivity index (χ0n) is 11.7. The molecule has 1 amide bonds. The summed E-state index contributed by atoms with van der Waals surface area (Å²) < 4.78 is 22.8. The van der Waals surface area contributed by atoms with E-state index in [4.69, 9.17) is 0 Å². The van der Waals surface area contributed by atoms with Gasteiger partial charge in [0.1, 0.15) is 5.01 Å². The van der Waals surface area contributed by atoms with Crippen LogP contribution in [0.3, 0.4) is 0 Å². The summed E-state index contributed by atoms with van der Waals surface area (Å²) in [5.74, 6) is -0.171. The van der Waals surface area contributed by atoms with Crippen molar-refractivity contribution in [2.45, 2.75) is 44.4 Å². The molecule has 1 aliphatic carbocycles. The van der Waals surface area contributed by atoms with Crippen molar-refractivity contribution in [3.05, 3.63) is 5.01 Å². The van der Waals surface area contributed by atoms with Crippen LogP contribution in [0.2, 0.25) is 0 Å². The average molecular weight is 329 g/mol. The van der Waals surface area contributed by atoms with E-state index in [1.54, 1.807) is 0 Å². The first kappa shape index (κ1) is 14.9. The van der Waals surface area contributed by atoms with Crippen molar-refractivity contribution in [1.82, 2.24) is 10.2 Å². The highest BCUT2D eigenvalue weighted by Crippen LogP contribution is 2.35. The molecule has 2 heterocycles. The largest absolute Gasteiger partial charge is 0.300 e. The van der Waals surface area contributed by atoms with Crippen LogP contribution < -0.4 is 5.32 Å². The van der Waals surface area contributed by atoms with E-state index in [9.17, 15) is 13.2 Å². The quantitative estimate of drug-likeness (QED) is 0.915. The molecule has 0 bridgehead atoms. The van der Waals surface area contributed by atoms with Crippen molar-refractivity contribution >= 4 is 32.2 Å². The Morgan fingerprint density at radius 1 is 1.14 bits per heavy atom.